The molecule has 36 heavy (non-hydrogen) atoms. The predicted octanol–water partition coefficient (Wildman–Crippen LogP) is 5.79. The first-order chi connectivity index (χ1) is 16.8. The van der Waals surface area contributed by atoms with Crippen LogP contribution in [0, 0.1) is 0 Å². The summed E-state index contributed by atoms with van der Waals surface area (Å²) in [4.78, 5) is 28.2. The van der Waals surface area contributed by atoms with Crippen LogP contribution in [0.4, 0.5) is 5.69 Å². The van der Waals surface area contributed by atoms with Crippen molar-refractivity contribution in [3.63, 3.8) is 0 Å². The van der Waals surface area contributed by atoms with Gasteiger partial charge in [-0.2, -0.15) is 0 Å². The van der Waals surface area contributed by atoms with E-state index in [1.54, 1.807) is 25.1 Å². The number of nitrogens with zero attached hydrogens (tertiary/aromatic N) is 2. The Bertz CT molecular complexity index is 1190. The summed E-state index contributed by atoms with van der Waals surface area (Å²) >= 11 is 25.0. The van der Waals surface area contributed by atoms with Gasteiger partial charge in [0, 0.05) is 33.2 Å². The van der Waals surface area contributed by atoms with Crippen LogP contribution in [-0.2, 0) is 26.2 Å². The van der Waals surface area contributed by atoms with Crippen molar-refractivity contribution in [2.75, 3.05) is 17.1 Å². The van der Waals surface area contributed by atoms with E-state index in [9.17, 15) is 18.0 Å². The monoisotopic (exact) mass is 595 g/mol. The van der Waals surface area contributed by atoms with Gasteiger partial charge in [0.05, 0.1) is 17.0 Å². The molecule has 2 rings (SSSR count). The molecule has 2 aromatic carbocycles. The number of amides is 2. The summed E-state index contributed by atoms with van der Waals surface area (Å²) in [5, 5.41) is 3.90. The van der Waals surface area contributed by atoms with Crippen molar-refractivity contribution in [1.29, 1.82) is 0 Å². The highest BCUT2D eigenvalue weighted by molar-refractivity contribution is 7.92. The molecule has 12 heteroatoms. The van der Waals surface area contributed by atoms with Crippen molar-refractivity contribution in [2.45, 2.75) is 52.2 Å². The maximum absolute atomic E-state index is 13.7. The van der Waals surface area contributed by atoms with Crippen molar-refractivity contribution >= 4 is 73.9 Å². The van der Waals surface area contributed by atoms with E-state index in [-0.39, 0.29) is 35.6 Å². The molecule has 0 aromatic heterocycles. The molecule has 0 saturated heterocycles. The Kier molecular flexibility index (Phi) is 11.2. The summed E-state index contributed by atoms with van der Waals surface area (Å²) in [6.07, 6.45) is 1.94. The SMILES string of the molecule is CC[C@H](C(=O)N[C@@H](C)CC)N(Cc1c(Cl)cccc1Cl)C(=O)CN(c1ccc(Cl)cc1Cl)S(C)(=O)=O. The zero-order valence-corrected chi connectivity index (χ0v) is 24.2. The molecule has 0 heterocycles. The Morgan fingerprint density at radius 1 is 0.972 bits per heavy atom. The van der Waals surface area contributed by atoms with Gasteiger partial charge >= 0.3 is 0 Å². The Morgan fingerprint density at radius 2 is 1.58 bits per heavy atom. The largest absolute Gasteiger partial charge is 0.352 e. The third kappa shape index (κ3) is 7.89. The number of halogens is 4. The highest BCUT2D eigenvalue weighted by Crippen LogP contribution is 2.31. The zero-order chi connectivity index (χ0) is 27.2. The maximum Gasteiger partial charge on any atom is 0.244 e. The van der Waals surface area contributed by atoms with Crippen LogP contribution in [0.5, 0.6) is 0 Å². The molecule has 0 radical (unpaired) electrons. The molecule has 0 spiro atoms. The minimum Gasteiger partial charge on any atom is -0.352 e. The molecule has 0 aliphatic carbocycles. The molecule has 0 fully saturated rings. The van der Waals surface area contributed by atoms with Crippen LogP contribution in [0.1, 0.15) is 39.2 Å². The van der Waals surface area contributed by atoms with E-state index < -0.39 is 28.5 Å². The van der Waals surface area contributed by atoms with Crippen molar-refractivity contribution in [3.05, 3.63) is 62.1 Å². The normalized spacial score (nSPS) is 13.1. The number of carbonyl (C=O) groups excluding carboxylic acids is 2. The summed E-state index contributed by atoms with van der Waals surface area (Å²) in [5.41, 5.74) is 0.532. The molecule has 0 unspecified atom stereocenters. The van der Waals surface area contributed by atoms with Crippen LogP contribution >= 0.6 is 46.4 Å². The summed E-state index contributed by atoms with van der Waals surface area (Å²) in [7, 11) is -3.94. The molecule has 0 saturated carbocycles. The fourth-order valence-electron chi connectivity index (χ4n) is 3.49. The highest BCUT2D eigenvalue weighted by atomic mass is 35.5. The lowest BCUT2D eigenvalue weighted by Gasteiger charge is -2.34. The van der Waals surface area contributed by atoms with Crippen molar-refractivity contribution in [1.82, 2.24) is 10.2 Å². The van der Waals surface area contributed by atoms with Crippen LogP contribution in [0.15, 0.2) is 36.4 Å². The van der Waals surface area contributed by atoms with Gasteiger partial charge in [-0.25, -0.2) is 8.42 Å². The lowest BCUT2D eigenvalue weighted by atomic mass is 10.1. The standard InChI is InChI=1S/C24H29Cl4N3O4S/c1-5-15(3)29-24(33)21(6-2)30(13-17-18(26)8-7-9-19(17)27)23(32)14-31(36(4,34)35)22-11-10-16(25)12-20(22)28/h7-12,15,21H,5-6,13-14H2,1-4H3,(H,29,33)/t15-,21+/m0/s1. The molecule has 0 aliphatic rings. The van der Waals surface area contributed by atoms with Gasteiger partial charge in [0.25, 0.3) is 0 Å². The molecular formula is C24H29Cl4N3O4S. The molecule has 0 bridgehead atoms. The lowest BCUT2D eigenvalue weighted by molar-refractivity contribution is -0.140. The Balaban J connectivity index is 2.53. The van der Waals surface area contributed by atoms with Gasteiger partial charge in [-0.05, 0) is 50.1 Å². The second kappa shape index (κ2) is 13.2. The Hall–Kier alpha value is -1.71. The van der Waals surface area contributed by atoms with Gasteiger partial charge in [0.1, 0.15) is 12.6 Å². The summed E-state index contributed by atoms with van der Waals surface area (Å²) in [5.74, 6) is -0.993. The number of rotatable bonds is 11. The topological polar surface area (TPSA) is 86.8 Å². The summed E-state index contributed by atoms with van der Waals surface area (Å²) in [6, 6.07) is 8.18. The summed E-state index contributed by atoms with van der Waals surface area (Å²) < 4.78 is 26.3. The predicted molar refractivity (Wildman–Crippen MR) is 148 cm³/mol. The number of anilines is 1. The van der Waals surface area contributed by atoms with Crippen molar-refractivity contribution in [3.8, 4) is 0 Å². The fourth-order valence-corrected chi connectivity index (χ4v) is 5.43. The molecule has 2 atom stereocenters. The third-order valence-electron chi connectivity index (χ3n) is 5.63. The first-order valence-electron chi connectivity index (χ1n) is 11.3. The first kappa shape index (κ1) is 30.5. The van der Waals surface area contributed by atoms with E-state index in [0.717, 1.165) is 10.6 Å². The zero-order valence-electron chi connectivity index (χ0n) is 20.4. The number of hydrogen-bond acceptors (Lipinski definition) is 4. The lowest BCUT2D eigenvalue weighted by Crippen LogP contribution is -2.53. The van der Waals surface area contributed by atoms with Gasteiger partial charge in [-0.1, -0.05) is 66.3 Å². The van der Waals surface area contributed by atoms with E-state index in [2.05, 4.69) is 5.32 Å². The number of carbonyl (C=O) groups is 2. The van der Waals surface area contributed by atoms with Crippen LogP contribution < -0.4 is 9.62 Å². The molecule has 2 amide bonds. The molecule has 198 valence electrons. The van der Waals surface area contributed by atoms with Gasteiger partial charge in [-0.3, -0.25) is 13.9 Å². The number of hydrogen-bond donors (Lipinski definition) is 1. The van der Waals surface area contributed by atoms with E-state index in [4.69, 9.17) is 46.4 Å². The van der Waals surface area contributed by atoms with Crippen LogP contribution in [-0.4, -0.2) is 50.0 Å². The molecular weight excluding hydrogens is 568 g/mol. The van der Waals surface area contributed by atoms with Crippen molar-refractivity contribution in [2.24, 2.45) is 0 Å². The average molecular weight is 597 g/mol. The highest BCUT2D eigenvalue weighted by Gasteiger charge is 2.33. The van der Waals surface area contributed by atoms with E-state index in [0.29, 0.717) is 27.1 Å². The average Bonchev–Trinajstić information content (AvgIpc) is 2.78. The van der Waals surface area contributed by atoms with E-state index in [1.807, 2.05) is 13.8 Å². The van der Waals surface area contributed by atoms with Gasteiger partial charge in [0.2, 0.25) is 21.8 Å². The number of nitrogens with one attached hydrogen (secondary N) is 1. The Labute approximate surface area is 232 Å². The molecule has 2 aromatic rings. The molecule has 1 N–H and O–H groups in total. The van der Waals surface area contributed by atoms with Crippen LogP contribution in [0.2, 0.25) is 20.1 Å². The van der Waals surface area contributed by atoms with Gasteiger partial charge < -0.3 is 10.2 Å². The van der Waals surface area contributed by atoms with E-state index in [1.165, 1.54) is 23.1 Å². The summed E-state index contributed by atoms with van der Waals surface area (Å²) in [6.45, 7) is 4.85. The fraction of sp³-hybridized carbons (Fsp3) is 0.417. The van der Waals surface area contributed by atoms with Crippen LogP contribution in [0.25, 0.3) is 0 Å². The second-order valence-corrected chi connectivity index (χ2v) is 11.9. The first-order valence-corrected chi connectivity index (χ1v) is 14.6. The smallest absolute Gasteiger partial charge is 0.244 e. The second-order valence-electron chi connectivity index (χ2n) is 8.33. The maximum atomic E-state index is 13.7. The molecule has 7 nitrogen and oxygen atoms in total. The quantitative estimate of drug-likeness (QED) is 0.356. The Morgan fingerprint density at radius 3 is 2.08 bits per heavy atom. The number of sulfonamides is 1. The minimum atomic E-state index is -3.94. The van der Waals surface area contributed by atoms with Gasteiger partial charge in [-0.15, -0.1) is 0 Å². The minimum absolute atomic E-state index is 0.0583. The van der Waals surface area contributed by atoms with Crippen LogP contribution in [0.3, 0.4) is 0 Å². The van der Waals surface area contributed by atoms with Crippen molar-refractivity contribution < 1.29 is 18.0 Å². The van der Waals surface area contributed by atoms with E-state index >= 15 is 0 Å². The third-order valence-corrected chi connectivity index (χ3v) is 8.01. The molecule has 0 aliphatic heterocycles. The number of benzene rings is 2. The van der Waals surface area contributed by atoms with Gasteiger partial charge in [0.15, 0.2) is 0 Å².